The number of aliphatic hydroxyl groups excluding tert-OH is 1. The summed E-state index contributed by atoms with van der Waals surface area (Å²) in [7, 11) is 0. The molecule has 0 aromatic carbocycles. The summed E-state index contributed by atoms with van der Waals surface area (Å²) in [6.45, 7) is 6.52. The van der Waals surface area contributed by atoms with Crippen LogP contribution in [0.3, 0.4) is 0 Å². The van der Waals surface area contributed by atoms with E-state index in [1.807, 2.05) is 0 Å². The Morgan fingerprint density at radius 2 is 2.24 bits per heavy atom. The number of hydrogen-bond donors (Lipinski definition) is 3. The molecule has 0 aliphatic carbocycles. The Balaban J connectivity index is 0.000000318. The van der Waals surface area contributed by atoms with E-state index in [2.05, 4.69) is 12.2 Å². The van der Waals surface area contributed by atoms with Gasteiger partial charge < -0.3 is 16.2 Å². The van der Waals surface area contributed by atoms with Crippen LogP contribution in [0.2, 0.25) is 0 Å². The van der Waals surface area contributed by atoms with Gasteiger partial charge in [0.2, 0.25) is 5.91 Å². The van der Waals surface area contributed by atoms with Gasteiger partial charge in [-0.05, 0) is 44.8 Å². The molecule has 0 aromatic rings. The third-order valence-electron chi connectivity index (χ3n) is 2.93. The predicted octanol–water partition coefficient (Wildman–Crippen LogP) is 2.11. The van der Waals surface area contributed by atoms with Gasteiger partial charge in [-0.15, -0.1) is 0 Å². The van der Waals surface area contributed by atoms with Crippen LogP contribution in [0, 0.1) is 5.92 Å². The lowest BCUT2D eigenvalue weighted by Crippen LogP contribution is -2.09. The van der Waals surface area contributed by atoms with Crippen molar-refractivity contribution in [2.75, 3.05) is 13.1 Å². The number of nitrogens with two attached hydrogens (primary N) is 1. The summed E-state index contributed by atoms with van der Waals surface area (Å²) in [4.78, 5) is 10.2. The normalized spacial score (nSPS) is 19.6. The summed E-state index contributed by atoms with van der Waals surface area (Å²) >= 11 is 0. The van der Waals surface area contributed by atoms with Crippen LogP contribution in [0.4, 0.5) is 0 Å². The highest BCUT2D eigenvalue weighted by Crippen LogP contribution is 2.09. The lowest BCUT2D eigenvalue weighted by atomic mass is 10.1. The molecule has 4 nitrogen and oxygen atoms in total. The first kappa shape index (κ1) is 16.0. The van der Waals surface area contributed by atoms with E-state index < -0.39 is 0 Å². The average Bonchev–Trinajstić information content (AvgIpc) is 2.82. The average molecular weight is 242 g/mol. The summed E-state index contributed by atoms with van der Waals surface area (Å²) in [6, 6.07) is 0. The maximum atomic E-state index is 10.2. The monoisotopic (exact) mass is 242 g/mol. The van der Waals surface area contributed by atoms with Gasteiger partial charge in [0.15, 0.2) is 0 Å². The van der Waals surface area contributed by atoms with Crippen molar-refractivity contribution in [3.63, 3.8) is 0 Å². The molecule has 4 heteroatoms. The molecule has 0 aromatic heterocycles. The van der Waals surface area contributed by atoms with Crippen molar-refractivity contribution in [3.8, 4) is 0 Å². The molecule has 1 aliphatic rings. The molecule has 1 heterocycles. The maximum absolute atomic E-state index is 10.2. The molecule has 100 valence electrons. The highest BCUT2D eigenvalue weighted by Gasteiger charge is 2.10. The molecule has 17 heavy (non-hydrogen) atoms. The van der Waals surface area contributed by atoms with Crippen molar-refractivity contribution >= 4 is 5.91 Å². The number of rotatable bonds is 5. The second-order valence-corrected chi connectivity index (χ2v) is 4.37. The molecule has 1 saturated heterocycles. The second-order valence-electron chi connectivity index (χ2n) is 4.37. The van der Waals surface area contributed by atoms with Crippen LogP contribution in [-0.2, 0) is 4.79 Å². The van der Waals surface area contributed by atoms with Gasteiger partial charge in [-0.3, -0.25) is 4.79 Å². The first-order valence-corrected chi connectivity index (χ1v) is 6.43. The van der Waals surface area contributed by atoms with Gasteiger partial charge in [0.1, 0.15) is 0 Å². The van der Waals surface area contributed by atoms with E-state index in [4.69, 9.17) is 10.8 Å². The van der Waals surface area contributed by atoms with Crippen molar-refractivity contribution in [1.82, 2.24) is 5.32 Å². The van der Waals surface area contributed by atoms with Gasteiger partial charge >= 0.3 is 0 Å². The predicted molar refractivity (Wildman–Crippen MR) is 70.7 cm³/mol. The zero-order chi connectivity index (χ0) is 13.1. The number of amides is 1. The van der Waals surface area contributed by atoms with Crippen molar-refractivity contribution in [1.29, 1.82) is 0 Å². The first-order chi connectivity index (χ1) is 8.10. The summed E-state index contributed by atoms with van der Waals surface area (Å²) < 4.78 is 0. The number of primary amides is 1. The van der Waals surface area contributed by atoms with Gasteiger partial charge in [-0.25, -0.2) is 0 Å². The molecule has 0 bridgehead atoms. The van der Waals surface area contributed by atoms with Crippen molar-refractivity contribution in [2.45, 2.75) is 46.0 Å². The van der Waals surface area contributed by atoms with E-state index in [9.17, 15) is 4.79 Å². The van der Waals surface area contributed by atoms with Crippen LogP contribution in [-0.4, -0.2) is 24.1 Å². The van der Waals surface area contributed by atoms with Crippen LogP contribution in [0.25, 0.3) is 0 Å². The van der Waals surface area contributed by atoms with Crippen LogP contribution in [0.1, 0.15) is 46.0 Å². The lowest BCUT2D eigenvalue weighted by molar-refractivity contribution is -0.118. The van der Waals surface area contributed by atoms with E-state index in [1.54, 1.807) is 13.0 Å². The Kier molecular flexibility index (Phi) is 9.53. The summed E-state index contributed by atoms with van der Waals surface area (Å²) in [5, 5.41) is 12.2. The number of aliphatic hydroxyl groups is 1. The second kappa shape index (κ2) is 10.1. The molecule has 0 saturated carbocycles. The van der Waals surface area contributed by atoms with E-state index in [-0.39, 0.29) is 5.91 Å². The topological polar surface area (TPSA) is 75.3 Å². The van der Waals surface area contributed by atoms with Gasteiger partial charge in [-0.1, -0.05) is 13.3 Å². The highest BCUT2D eigenvalue weighted by molar-refractivity contribution is 5.73. The van der Waals surface area contributed by atoms with Crippen molar-refractivity contribution in [3.05, 3.63) is 11.8 Å². The quantitative estimate of drug-likeness (QED) is 0.646. The fourth-order valence-corrected chi connectivity index (χ4v) is 1.65. The minimum Gasteiger partial charge on any atom is -0.513 e. The highest BCUT2D eigenvalue weighted by atomic mass is 16.3. The van der Waals surface area contributed by atoms with Gasteiger partial charge in [0, 0.05) is 12.8 Å². The summed E-state index contributed by atoms with van der Waals surface area (Å²) in [6.07, 6.45) is 5.88. The van der Waals surface area contributed by atoms with E-state index in [0.29, 0.717) is 25.0 Å². The van der Waals surface area contributed by atoms with Crippen LogP contribution >= 0.6 is 0 Å². The minimum absolute atomic E-state index is 0.316. The molecule has 4 N–H and O–H groups in total. The fourth-order valence-electron chi connectivity index (χ4n) is 1.65. The van der Waals surface area contributed by atoms with E-state index >= 15 is 0 Å². The molecule has 1 atom stereocenters. The number of nitrogens with one attached hydrogen (secondary N) is 1. The zero-order valence-electron chi connectivity index (χ0n) is 11.0. The Morgan fingerprint density at radius 3 is 2.59 bits per heavy atom. The Bertz CT molecular complexity index is 234. The zero-order valence-corrected chi connectivity index (χ0v) is 11.0. The SMILES string of the molecule is C/C=C(/O)CCCC(N)=O.CCC1CCNC1. The van der Waals surface area contributed by atoms with Crippen LogP contribution in [0.5, 0.6) is 0 Å². The number of carbonyl (C=O) groups is 1. The third-order valence-corrected chi connectivity index (χ3v) is 2.93. The lowest BCUT2D eigenvalue weighted by Gasteiger charge is -1.98. The Morgan fingerprint density at radius 1 is 1.53 bits per heavy atom. The van der Waals surface area contributed by atoms with Crippen LogP contribution in [0.15, 0.2) is 11.8 Å². The molecule has 1 amide bonds. The molecule has 1 fully saturated rings. The van der Waals surface area contributed by atoms with Gasteiger partial charge in [0.05, 0.1) is 5.76 Å². The Hall–Kier alpha value is -1.03. The molecule has 0 spiro atoms. The van der Waals surface area contributed by atoms with Gasteiger partial charge in [-0.2, -0.15) is 0 Å². The maximum Gasteiger partial charge on any atom is 0.217 e. The number of carbonyl (C=O) groups excluding carboxylic acids is 1. The smallest absolute Gasteiger partial charge is 0.217 e. The Labute approximate surface area is 104 Å². The van der Waals surface area contributed by atoms with Crippen LogP contribution < -0.4 is 11.1 Å². The van der Waals surface area contributed by atoms with Crippen molar-refractivity contribution in [2.24, 2.45) is 11.7 Å². The largest absolute Gasteiger partial charge is 0.513 e. The van der Waals surface area contributed by atoms with E-state index in [1.165, 1.54) is 25.9 Å². The number of hydrogen-bond acceptors (Lipinski definition) is 3. The van der Waals surface area contributed by atoms with Crippen molar-refractivity contribution < 1.29 is 9.90 Å². The fraction of sp³-hybridized carbons (Fsp3) is 0.769. The molecule has 1 unspecified atom stereocenters. The first-order valence-electron chi connectivity index (χ1n) is 6.43. The molecular formula is C13H26N2O2. The number of allylic oxidation sites excluding steroid dienone is 2. The summed E-state index contributed by atoms with van der Waals surface area (Å²) in [5.41, 5.74) is 4.88. The van der Waals surface area contributed by atoms with Gasteiger partial charge in [0.25, 0.3) is 0 Å². The third kappa shape index (κ3) is 9.87. The summed E-state index contributed by atoms with van der Waals surface area (Å²) in [5.74, 6) is 0.991. The molecule has 1 rings (SSSR count). The van der Waals surface area contributed by atoms with E-state index in [0.717, 1.165) is 5.92 Å². The molecule has 1 aliphatic heterocycles. The molecule has 0 radical (unpaired) electrons. The standard InChI is InChI=1S/C7H13NO2.C6H13N/c1-2-6(9)4-3-5-7(8)10;1-2-6-3-4-7-5-6/h2,9H,3-5H2,1H3,(H2,8,10);6-7H,2-5H2,1H3/b6-2+;. The molecular weight excluding hydrogens is 216 g/mol. The minimum atomic E-state index is -0.316.